The fourth-order valence-electron chi connectivity index (χ4n) is 8.47. The molecule has 1 fully saturated rings. The quantitative estimate of drug-likeness (QED) is 0.0149. The second-order valence-electron chi connectivity index (χ2n) is 20.1. The highest BCUT2D eigenvalue weighted by atomic mass is 16.7. The Morgan fingerprint density at radius 1 is 0.532 bits per heavy atom. The highest BCUT2D eigenvalue weighted by Crippen LogP contribution is 2.26. The Morgan fingerprint density at radius 2 is 1.00 bits per heavy atom. The summed E-state index contributed by atoms with van der Waals surface area (Å²) in [7, 11) is 0. The number of allylic oxidation sites excluding steroid dienone is 21. The lowest BCUT2D eigenvalue weighted by Crippen LogP contribution is -2.61. The Hall–Kier alpha value is -4.20. The molecule has 436 valence electrons. The molecule has 0 radical (unpaired) electrons. The summed E-state index contributed by atoms with van der Waals surface area (Å²) < 4.78 is 17.5. The van der Waals surface area contributed by atoms with E-state index >= 15 is 0 Å². The molecule has 77 heavy (non-hydrogen) atoms. The first-order valence-electron chi connectivity index (χ1n) is 30.0. The number of ether oxygens (including phenoxy) is 3. The summed E-state index contributed by atoms with van der Waals surface area (Å²) in [5, 5.41) is 56.8. The van der Waals surface area contributed by atoms with Crippen molar-refractivity contribution in [1.29, 1.82) is 0 Å². The van der Waals surface area contributed by atoms with Crippen LogP contribution in [0, 0.1) is 0 Å². The summed E-state index contributed by atoms with van der Waals surface area (Å²) in [6.07, 6.45) is 63.7. The minimum atomic E-state index is -1.65. The number of esters is 1. The molecule has 8 unspecified atom stereocenters. The number of unbranched alkanes of at least 4 members (excludes halogenated alkanes) is 18. The Kier molecular flexibility index (Phi) is 48.3. The van der Waals surface area contributed by atoms with Crippen LogP contribution in [-0.2, 0) is 23.8 Å². The molecule has 6 N–H and O–H groups in total. The molecule has 1 rings (SSSR count). The topological polar surface area (TPSA) is 175 Å². The average molecular weight is 1070 g/mol. The van der Waals surface area contributed by atoms with Crippen LogP contribution in [0.3, 0.4) is 0 Å². The zero-order valence-electron chi connectivity index (χ0n) is 48.0. The maximum Gasteiger partial charge on any atom is 0.306 e. The van der Waals surface area contributed by atoms with E-state index in [0.29, 0.717) is 19.3 Å². The van der Waals surface area contributed by atoms with Gasteiger partial charge in [0.1, 0.15) is 24.4 Å². The number of carbonyl (C=O) groups excluding carboxylic acids is 2. The summed E-state index contributed by atoms with van der Waals surface area (Å²) in [5.74, 6) is -1.29. The van der Waals surface area contributed by atoms with Gasteiger partial charge in [0.05, 0.1) is 25.4 Å². The van der Waals surface area contributed by atoms with Crippen molar-refractivity contribution in [2.45, 2.75) is 256 Å². The van der Waals surface area contributed by atoms with Gasteiger partial charge >= 0.3 is 5.97 Å². The lowest BCUT2D eigenvalue weighted by atomic mass is 9.99. The first-order valence-corrected chi connectivity index (χ1v) is 30.0. The molecule has 8 atom stereocenters. The number of nitrogens with one attached hydrogen (secondary N) is 1. The molecule has 0 bridgehead atoms. The number of carbonyl (C=O) groups is 2. The minimum Gasteiger partial charge on any atom is -0.454 e. The molecule has 0 saturated carbocycles. The summed E-state index contributed by atoms with van der Waals surface area (Å²) in [6, 6.07) is -1.05. The van der Waals surface area contributed by atoms with Crippen molar-refractivity contribution in [1.82, 2.24) is 5.32 Å². The molecule has 1 aliphatic rings. The number of aliphatic hydroxyl groups is 5. The summed E-state index contributed by atoms with van der Waals surface area (Å²) in [4.78, 5) is 26.4. The Bertz CT molecular complexity index is 1760. The van der Waals surface area contributed by atoms with Crippen LogP contribution in [0.15, 0.2) is 134 Å². The molecule has 0 aliphatic carbocycles. The van der Waals surface area contributed by atoms with Crippen molar-refractivity contribution < 1.29 is 49.3 Å². The number of aliphatic hydroxyl groups excluding tert-OH is 5. The van der Waals surface area contributed by atoms with Crippen molar-refractivity contribution in [3.05, 3.63) is 134 Å². The Labute approximate surface area is 467 Å². The molecule has 0 aromatic carbocycles. The summed E-state index contributed by atoms with van der Waals surface area (Å²) in [5.41, 5.74) is 0. The number of rotatable bonds is 48. The van der Waals surface area contributed by atoms with E-state index in [4.69, 9.17) is 14.2 Å². The highest BCUT2D eigenvalue weighted by Gasteiger charge is 2.47. The Morgan fingerprint density at radius 3 is 1.55 bits per heavy atom. The second kappa shape index (κ2) is 52.5. The fourth-order valence-corrected chi connectivity index (χ4v) is 8.47. The van der Waals surface area contributed by atoms with Crippen molar-refractivity contribution in [3.63, 3.8) is 0 Å². The molecule has 11 heteroatoms. The molecule has 1 amide bonds. The standard InChI is InChI=1S/C66H107NO10/c1-4-7-10-13-16-19-22-24-25-26-27-28-29-30-31-32-33-34-36-38-41-44-47-50-53-59(70)65(74)67-57(58(69)52-49-46-43-40-37-21-18-15-12-9-6-3)56-75-66-64(63(73)62(72)60(55-68)76-66)77-61(71)54-51-48-45-42-39-35-23-20-17-14-11-8-5-2/h7-8,10-11,14,16-17,19-20,23-25,27-28,30-31,35,39,42,45,49,52,57-60,62-64,66,68-70,72-73H,4-6,9,12-13,15,18,21-22,26,29,32-34,36-38,40-41,43-44,46-48,50-51,53-56H2,1-3H3,(H,67,74)/b10-7-,11-8+,17-14+,19-16-,23-20-,25-24-,28-27-,31-30-,39-35-,45-42+,52-49+. The van der Waals surface area contributed by atoms with Gasteiger partial charge in [0.15, 0.2) is 12.4 Å². The van der Waals surface area contributed by atoms with Crippen LogP contribution in [0.2, 0.25) is 0 Å². The lowest BCUT2D eigenvalue weighted by molar-refractivity contribution is -0.305. The average Bonchev–Trinajstić information content (AvgIpc) is 3.44. The molecule has 11 nitrogen and oxygen atoms in total. The van der Waals surface area contributed by atoms with E-state index in [2.05, 4.69) is 92.9 Å². The van der Waals surface area contributed by atoms with Gasteiger partial charge in [-0.05, 0) is 83.5 Å². The fraction of sp³-hybridized carbons (Fsp3) is 0.636. The first kappa shape index (κ1) is 70.8. The number of hydrogen-bond acceptors (Lipinski definition) is 10. The van der Waals surface area contributed by atoms with E-state index in [9.17, 15) is 35.1 Å². The summed E-state index contributed by atoms with van der Waals surface area (Å²) in [6.45, 7) is 5.45. The molecular formula is C66H107NO10. The predicted octanol–water partition coefficient (Wildman–Crippen LogP) is 14.1. The molecule has 0 spiro atoms. The molecule has 0 aromatic rings. The third kappa shape index (κ3) is 40.6. The van der Waals surface area contributed by atoms with Crippen LogP contribution < -0.4 is 5.32 Å². The smallest absolute Gasteiger partial charge is 0.306 e. The SMILES string of the molecule is CC/C=C\C/C=C\C/C=C\C/C=C\C/C=C\CCCCCCCCCCC(O)C(=O)NC(COC1OC(CO)C(O)C(O)C1OC(=O)CCC/C=C/C=C\C=C/C=C/C=C/CC)C(O)/C=C/CCCCCCCCCCC. The second-order valence-corrected chi connectivity index (χ2v) is 20.1. The van der Waals surface area contributed by atoms with E-state index in [1.165, 1.54) is 57.8 Å². The van der Waals surface area contributed by atoms with Gasteiger partial charge in [0, 0.05) is 6.42 Å². The third-order valence-electron chi connectivity index (χ3n) is 13.2. The van der Waals surface area contributed by atoms with Crippen LogP contribution in [0.25, 0.3) is 0 Å². The van der Waals surface area contributed by atoms with Crippen LogP contribution >= 0.6 is 0 Å². The van der Waals surface area contributed by atoms with Crippen LogP contribution in [0.5, 0.6) is 0 Å². The van der Waals surface area contributed by atoms with Gasteiger partial charge in [-0.3, -0.25) is 9.59 Å². The van der Waals surface area contributed by atoms with Gasteiger partial charge < -0.3 is 45.1 Å². The zero-order valence-corrected chi connectivity index (χ0v) is 48.0. The number of hydrogen-bond donors (Lipinski definition) is 6. The third-order valence-corrected chi connectivity index (χ3v) is 13.2. The van der Waals surface area contributed by atoms with Crippen molar-refractivity contribution >= 4 is 11.9 Å². The van der Waals surface area contributed by atoms with E-state index in [0.717, 1.165) is 96.3 Å². The van der Waals surface area contributed by atoms with Gasteiger partial charge in [-0.15, -0.1) is 0 Å². The zero-order chi connectivity index (χ0) is 56.1. The van der Waals surface area contributed by atoms with Gasteiger partial charge in [-0.1, -0.05) is 251 Å². The highest BCUT2D eigenvalue weighted by molar-refractivity contribution is 5.80. The lowest BCUT2D eigenvalue weighted by Gasteiger charge is -2.41. The van der Waals surface area contributed by atoms with Crippen molar-refractivity contribution in [3.8, 4) is 0 Å². The minimum absolute atomic E-state index is 0.0194. The largest absolute Gasteiger partial charge is 0.454 e. The van der Waals surface area contributed by atoms with Crippen molar-refractivity contribution in [2.75, 3.05) is 13.2 Å². The van der Waals surface area contributed by atoms with Gasteiger partial charge in [-0.2, -0.15) is 0 Å². The molecular weight excluding hydrogens is 967 g/mol. The normalized spacial score (nSPS) is 20.0. The maximum atomic E-state index is 13.4. The van der Waals surface area contributed by atoms with Crippen LogP contribution in [-0.4, -0.2) is 99.6 Å². The van der Waals surface area contributed by atoms with Crippen LogP contribution in [0.1, 0.15) is 207 Å². The summed E-state index contributed by atoms with van der Waals surface area (Å²) >= 11 is 0. The van der Waals surface area contributed by atoms with E-state index in [1.54, 1.807) is 6.08 Å². The van der Waals surface area contributed by atoms with E-state index in [-0.39, 0.29) is 19.4 Å². The molecule has 1 heterocycles. The molecule has 1 aliphatic heterocycles. The van der Waals surface area contributed by atoms with E-state index < -0.39 is 67.4 Å². The van der Waals surface area contributed by atoms with Gasteiger partial charge in [-0.25, -0.2) is 0 Å². The molecule has 1 saturated heterocycles. The van der Waals surface area contributed by atoms with E-state index in [1.807, 2.05) is 60.8 Å². The van der Waals surface area contributed by atoms with Gasteiger partial charge in [0.25, 0.3) is 0 Å². The Balaban J connectivity index is 2.68. The van der Waals surface area contributed by atoms with Crippen LogP contribution in [0.4, 0.5) is 0 Å². The monoisotopic (exact) mass is 1070 g/mol. The molecule has 0 aromatic heterocycles. The van der Waals surface area contributed by atoms with Gasteiger partial charge in [0.2, 0.25) is 5.91 Å². The van der Waals surface area contributed by atoms with Crippen molar-refractivity contribution in [2.24, 2.45) is 0 Å². The predicted molar refractivity (Wildman–Crippen MR) is 319 cm³/mol. The maximum absolute atomic E-state index is 13.4. The first-order chi connectivity index (χ1) is 37.7. The number of amides is 1.